The van der Waals surface area contributed by atoms with Crippen LogP contribution in [0.4, 0.5) is 18.9 Å². The van der Waals surface area contributed by atoms with Crippen LogP contribution in [0.25, 0.3) is 10.9 Å². The molecule has 0 unspecified atom stereocenters. The molecule has 9 heteroatoms. The highest BCUT2D eigenvalue weighted by atomic mass is 19.4. The highest BCUT2D eigenvalue weighted by Gasteiger charge is 2.33. The van der Waals surface area contributed by atoms with Gasteiger partial charge < -0.3 is 15.4 Å². The summed E-state index contributed by atoms with van der Waals surface area (Å²) in [6, 6.07) is 8.43. The van der Waals surface area contributed by atoms with Gasteiger partial charge in [0.1, 0.15) is 5.56 Å². The van der Waals surface area contributed by atoms with Crippen molar-refractivity contribution in [1.82, 2.24) is 4.98 Å². The minimum atomic E-state index is -4.66. The maximum atomic E-state index is 13.0. The summed E-state index contributed by atoms with van der Waals surface area (Å²) < 4.78 is 39.1. The van der Waals surface area contributed by atoms with Crippen LogP contribution in [-0.4, -0.2) is 22.0 Å². The number of amides is 1. The van der Waals surface area contributed by atoms with Gasteiger partial charge in [0, 0.05) is 17.3 Å². The van der Waals surface area contributed by atoms with Gasteiger partial charge >= 0.3 is 12.1 Å². The van der Waals surface area contributed by atoms with E-state index in [0.29, 0.717) is 0 Å². The number of nitrogens with one attached hydrogen (secondary N) is 2. The van der Waals surface area contributed by atoms with Crippen molar-refractivity contribution >= 4 is 28.5 Å². The first-order valence-corrected chi connectivity index (χ1v) is 7.55. The van der Waals surface area contributed by atoms with Crippen molar-refractivity contribution < 1.29 is 27.9 Å². The number of aromatic amines is 1. The molecule has 0 aliphatic heterocycles. The van der Waals surface area contributed by atoms with Gasteiger partial charge in [0.15, 0.2) is 0 Å². The molecular formula is C18H11F3N2O4. The number of alkyl halides is 3. The normalized spacial score (nSPS) is 11.4. The Morgan fingerprint density at radius 2 is 1.78 bits per heavy atom. The molecule has 1 heterocycles. The van der Waals surface area contributed by atoms with Gasteiger partial charge in [-0.1, -0.05) is 12.1 Å². The third kappa shape index (κ3) is 3.52. The monoisotopic (exact) mass is 376 g/mol. The smallest absolute Gasteiger partial charge is 0.418 e. The molecule has 0 saturated heterocycles. The molecule has 0 bridgehead atoms. The van der Waals surface area contributed by atoms with E-state index in [9.17, 15) is 27.6 Å². The lowest BCUT2D eigenvalue weighted by atomic mass is 10.1. The highest BCUT2D eigenvalue weighted by Crippen LogP contribution is 2.33. The lowest BCUT2D eigenvalue weighted by Gasteiger charge is -2.11. The number of carboxylic acids is 1. The van der Waals surface area contributed by atoms with Gasteiger partial charge in [-0.3, -0.25) is 9.59 Å². The second-order valence-electron chi connectivity index (χ2n) is 5.60. The molecular weight excluding hydrogens is 365 g/mol. The molecule has 1 amide bonds. The molecule has 0 aliphatic rings. The largest absolute Gasteiger partial charge is 0.478 e. The summed E-state index contributed by atoms with van der Waals surface area (Å²) in [6.45, 7) is 0. The first-order valence-electron chi connectivity index (χ1n) is 7.55. The number of carboxylic acid groups (broad SMARTS) is 1. The Hall–Kier alpha value is -3.62. The molecule has 0 atom stereocenters. The van der Waals surface area contributed by atoms with Gasteiger partial charge in [-0.05, 0) is 30.3 Å². The molecule has 138 valence electrons. The standard InChI is InChI=1S/C18H11F3N2O4/c19-18(20,21)13-6-2-5-11-14(13)22-8-12(15(11)24)16(25)23-10-4-1-3-9(7-10)17(26)27/h1-8H,(H,22,24)(H,23,25)(H,26,27). The van der Waals surface area contributed by atoms with Crippen LogP contribution in [0.15, 0.2) is 53.5 Å². The molecule has 3 rings (SSSR count). The summed E-state index contributed by atoms with van der Waals surface area (Å²) in [4.78, 5) is 38.1. The average molecular weight is 376 g/mol. The predicted molar refractivity (Wildman–Crippen MR) is 90.9 cm³/mol. The van der Waals surface area contributed by atoms with Crippen molar-refractivity contribution in [1.29, 1.82) is 0 Å². The molecule has 0 fully saturated rings. The van der Waals surface area contributed by atoms with E-state index in [1.807, 2.05) is 0 Å². The molecule has 3 N–H and O–H groups in total. The number of carbonyl (C=O) groups excluding carboxylic acids is 1. The van der Waals surface area contributed by atoms with E-state index in [1.165, 1.54) is 30.3 Å². The summed E-state index contributed by atoms with van der Waals surface area (Å²) in [7, 11) is 0. The lowest BCUT2D eigenvalue weighted by molar-refractivity contribution is -0.136. The number of hydrogen-bond acceptors (Lipinski definition) is 3. The fourth-order valence-electron chi connectivity index (χ4n) is 2.59. The van der Waals surface area contributed by atoms with E-state index in [1.54, 1.807) is 0 Å². The third-order valence-corrected chi connectivity index (χ3v) is 3.83. The average Bonchev–Trinajstić information content (AvgIpc) is 2.61. The minimum Gasteiger partial charge on any atom is -0.478 e. The predicted octanol–water partition coefficient (Wildman–Crippen LogP) is 3.50. The lowest BCUT2D eigenvalue weighted by Crippen LogP contribution is -2.22. The summed E-state index contributed by atoms with van der Waals surface area (Å²) >= 11 is 0. The number of rotatable bonds is 3. The van der Waals surface area contributed by atoms with Gasteiger partial charge in [0.25, 0.3) is 5.91 Å². The van der Waals surface area contributed by atoms with E-state index >= 15 is 0 Å². The Bertz CT molecular complexity index is 1120. The number of fused-ring (bicyclic) bond motifs is 1. The number of aromatic carboxylic acids is 1. The quantitative estimate of drug-likeness (QED) is 0.651. The van der Waals surface area contributed by atoms with E-state index in [4.69, 9.17) is 5.11 Å². The van der Waals surface area contributed by atoms with Crippen molar-refractivity contribution in [2.75, 3.05) is 5.32 Å². The van der Waals surface area contributed by atoms with Gasteiger partial charge in [-0.25, -0.2) is 4.79 Å². The van der Waals surface area contributed by atoms with Crippen LogP contribution >= 0.6 is 0 Å². The zero-order valence-electron chi connectivity index (χ0n) is 13.4. The Morgan fingerprint density at radius 1 is 1.07 bits per heavy atom. The van der Waals surface area contributed by atoms with Crippen LogP contribution in [0.5, 0.6) is 0 Å². The fourth-order valence-corrected chi connectivity index (χ4v) is 2.59. The number of carbonyl (C=O) groups is 2. The zero-order valence-corrected chi connectivity index (χ0v) is 13.4. The fraction of sp³-hybridized carbons (Fsp3) is 0.0556. The van der Waals surface area contributed by atoms with Crippen molar-refractivity contribution in [2.45, 2.75) is 6.18 Å². The second-order valence-corrected chi connectivity index (χ2v) is 5.60. The van der Waals surface area contributed by atoms with Crippen molar-refractivity contribution in [2.24, 2.45) is 0 Å². The number of H-pyrrole nitrogens is 1. The molecule has 1 aromatic heterocycles. The maximum absolute atomic E-state index is 13.0. The number of anilines is 1. The molecule has 27 heavy (non-hydrogen) atoms. The first kappa shape index (κ1) is 18.2. The van der Waals surface area contributed by atoms with Crippen LogP contribution in [0, 0.1) is 0 Å². The molecule has 2 aromatic carbocycles. The summed E-state index contributed by atoms with van der Waals surface area (Å²) in [6.07, 6.45) is -3.76. The van der Waals surface area contributed by atoms with Crippen LogP contribution in [-0.2, 0) is 6.18 Å². The SMILES string of the molecule is O=C(O)c1cccc(NC(=O)c2c[nH]c3c(C(F)(F)F)cccc3c2=O)c1. The second kappa shape index (κ2) is 6.60. The molecule has 0 radical (unpaired) electrons. The maximum Gasteiger partial charge on any atom is 0.418 e. The van der Waals surface area contributed by atoms with Crippen LogP contribution in [0.2, 0.25) is 0 Å². The van der Waals surface area contributed by atoms with E-state index in [-0.39, 0.29) is 16.6 Å². The van der Waals surface area contributed by atoms with Crippen molar-refractivity contribution in [3.8, 4) is 0 Å². The molecule has 0 saturated carbocycles. The van der Waals surface area contributed by atoms with Crippen LogP contribution in [0.1, 0.15) is 26.3 Å². The number of aromatic nitrogens is 1. The minimum absolute atomic E-state index is 0.0740. The number of hydrogen-bond donors (Lipinski definition) is 3. The number of halogens is 3. The Balaban J connectivity index is 2.01. The highest BCUT2D eigenvalue weighted by molar-refractivity contribution is 6.06. The zero-order chi connectivity index (χ0) is 19.8. The van der Waals surface area contributed by atoms with Crippen LogP contribution < -0.4 is 10.7 Å². The van der Waals surface area contributed by atoms with Gasteiger partial charge in [0.2, 0.25) is 5.43 Å². The summed E-state index contributed by atoms with van der Waals surface area (Å²) in [5, 5.41) is 11.0. The summed E-state index contributed by atoms with van der Waals surface area (Å²) in [5.41, 5.74) is -2.65. The van der Waals surface area contributed by atoms with E-state index in [0.717, 1.165) is 18.3 Å². The van der Waals surface area contributed by atoms with Gasteiger partial charge in [-0.2, -0.15) is 13.2 Å². The topological polar surface area (TPSA) is 99.3 Å². The molecule has 3 aromatic rings. The Labute approximate surface area is 149 Å². The van der Waals surface area contributed by atoms with Crippen LogP contribution in [0.3, 0.4) is 0 Å². The Kier molecular flexibility index (Phi) is 4.44. The van der Waals surface area contributed by atoms with Gasteiger partial charge in [0.05, 0.1) is 16.6 Å². The van der Waals surface area contributed by atoms with E-state index < -0.39 is 40.1 Å². The first-order chi connectivity index (χ1) is 12.7. The molecule has 6 nitrogen and oxygen atoms in total. The number of benzene rings is 2. The van der Waals surface area contributed by atoms with Gasteiger partial charge in [-0.15, -0.1) is 0 Å². The number of para-hydroxylation sites is 1. The molecule has 0 aliphatic carbocycles. The third-order valence-electron chi connectivity index (χ3n) is 3.83. The Morgan fingerprint density at radius 3 is 2.44 bits per heavy atom. The van der Waals surface area contributed by atoms with Crippen molar-refractivity contribution in [3.63, 3.8) is 0 Å². The summed E-state index contributed by atoms with van der Waals surface area (Å²) in [5.74, 6) is -2.08. The molecule has 0 spiro atoms. The number of pyridine rings is 1. The van der Waals surface area contributed by atoms with Crippen molar-refractivity contribution in [3.05, 3.63) is 75.6 Å². The van der Waals surface area contributed by atoms with E-state index in [2.05, 4.69) is 10.3 Å².